The van der Waals surface area contributed by atoms with Gasteiger partial charge < -0.3 is 10.2 Å². The van der Waals surface area contributed by atoms with E-state index in [9.17, 15) is 15.0 Å². The number of aromatic hydroxyl groups is 2. The number of phenols is 2. The standard InChI is InChI=1S/C16H17NO3S/c1-10-12-5-7-21-16(12)4-6-17(10)9-15(20)11-2-3-13(18)14(19)8-11/h2-3,5,7-8,10,18-19H,4,6,9H2,1H3. The molecule has 0 spiro atoms. The fourth-order valence-electron chi connectivity index (χ4n) is 2.75. The maximum absolute atomic E-state index is 12.3. The molecule has 0 aliphatic carbocycles. The molecule has 110 valence electrons. The molecule has 0 saturated heterocycles. The van der Waals surface area contributed by atoms with E-state index in [1.165, 1.54) is 22.6 Å². The molecule has 1 aliphatic rings. The fraction of sp³-hybridized carbons (Fsp3) is 0.312. The Balaban J connectivity index is 1.75. The van der Waals surface area contributed by atoms with E-state index in [4.69, 9.17) is 0 Å². The Kier molecular flexibility index (Phi) is 3.69. The van der Waals surface area contributed by atoms with E-state index in [2.05, 4.69) is 23.3 Å². The number of thiophene rings is 1. The summed E-state index contributed by atoms with van der Waals surface area (Å²) in [5.74, 6) is -0.510. The summed E-state index contributed by atoms with van der Waals surface area (Å²) in [7, 11) is 0. The Morgan fingerprint density at radius 3 is 2.90 bits per heavy atom. The van der Waals surface area contributed by atoms with E-state index in [1.54, 1.807) is 17.4 Å². The van der Waals surface area contributed by atoms with Crippen LogP contribution in [0.25, 0.3) is 0 Å². The number of phenolic OH excluding ortho intramolecular Hbond substituents is 2. The van der Waals surface area contributed by atoms with Gasteiger partial charge >= 0.3 is 0 Å². The first-order valence-corrected chi connectivity index (χ1v) is 7.79. The number of hydrogen-bond donors (Lipinski definition) is 2. The zero-order valence-electron chi connectivity index (χ0n) is 11.7. The summed E-state index contributed by atoms with van der Waals surface area (Å²) in [6, 6.07) is 6.58. The van der Waals surface area contributed by atoms with E-state index >= 15 is 0 Å². The van der Waals surface area contributed by atoms with Crippen molar-refractivity contribution in [2.75, 3.05) is 13.1 Å². The molecule has 0 amide bonds. The van der Waals surface area contributed by atoms with Crippen LogP contribution in [0.5, 0.6) is 11.5 Å². The van der Waals surface area contributed by atoms with Crippen LogP contribution < -0.4 is 0 Å². The number of rotatable bonds is 3. The lowest BCUT2D eigenvalue weighted by Gasteiger charge is -2.32. The second-order valence-electron chi connectivity index (χ2n) is 5.32. The normalized spacial score (nSPS) is 18.4. The molecular formula is C16H17NO3S. The molecule has 4 nitrogen and oxygen atoms in total. The summed E-state index contributed by atoms with van der Waals surface area (Å²) in [4.78, 5) is 15.9. The zero-order chi connectivity index (χ0) is 15.0. The lowest BCUT2D eigenvalue weighted by molar-refractivity contribution is 0.0891. The predicted molar refractivity (Wildman–Crippen MR) is 82.1 cm³/mol. The average molecular weight is 303 g/mol. The number of Topliss-reactive ketones (excluding diaryl/α,β-unsaturated/α-hetero) is 1. The Morgan fingerprint density at radius 1 is 1.33 bits per heavy atom. The fourth-order valence-corrected chi connectivity index (χ4v) is 3.71. The van der Waals surface area contributed by atoms with Gasteiger partial charge in [-0.1, -0.05) is 0 Å². The lowest BCUT2D eigenvalue weighted by atomic mass is 10.0. The van der Waals surface area contributed by atoms with Crippen LogP contribution in [-0.2, 0) is 6.42 Å². The Labute approximate surface area is 127 Å². The van der Waals surface area contributed by atoms with Gasteiger partial charge in [-0.15, -0.1) is 11.3 Å². The molecule has 3 rings (SSSR count). The Hall–Kier alpha value is -1.85. The number of fused-ring (bicyclic) bond motifs is 1. The average Bonchev–Trinajstić information content (AvgIpc) is 2.94. The quantitative estimate of drug-likeness (QED) is 0.676. The molecule has 1 aliphatic heterocycles. The topological polar surface area (TPSA) is 60.8 Å². The summed E-state index contributed by atoms with van der Waals surface area (Å²) in [6.07, 6.45) is 0.978. The molecule has 21 heavy (non-hydrogen) atoms. The lowest BCUT2D eigenvalue weighted by Crippen LogP contribution is -2.37. The molecule has 1 aromatic carbocycles. The maximum atomic E-state index is 12.3. The van der Waals surface area contributed by atoms with Crippen molar-refractivity contribution >= 4 is 17.1 Å². The summed E-state index contributed by atoms with van der Waals surface area (Å²) >= 11 is 1.78. The Morgan fingerprint density at radius 2 is 2.14 bits per heavy atom. The van der Waals surface area contributed by atoms with Crippen molar-refractivity contribution in [3.05, 3.63) is 45.6 Å². The van der Waals surface area contributed by atoms with E-state index in [1.807, 2.05) is 0 Å². The van der Waals surface area contributed by atoms with Crippen LogP contribution in [0.1, 0.15) is 33.8 Å². The highest BCUT2D eigenvalue weighted by Crippen LogP contribution is 2.33. The van der Waals surface area contributed by atoms with Gasteiger partial charge in [-0.25, -0.2) is 0 Å². The molecule has 5 heteroatoms. The van der Waals surface area contributed by atoms with Gasteiger partial charge in [-0.3, -0.25) is 9.69 Å². The van der Waals surface area contributed by atoms with Gasteiger partial charge in [0.1, 0.15) is 0 Å². The van der Waals surface area contributed by atoms with Gasteiger partial charge in [0, 0.05) is 23.0 Å². The third kappa shape index (κ3) is 2.66. The molecule has 0 fully saturated rings. The zero-order valence-corrected chi connectivity index (χ0v) is 12.6. The molecule has 0 saturated carbocycles. The molecule has 1 aromatic heterocycles. The third-order valence-electron chi connectivity index (χ3n) is 4.05. The van der Waals surface area contributed by atoms with Crippen molar-refractivity contribution in [3.63, 3.8) is 0 Å². The van der Waals surface area contributed by atoms with Crippen molar-refractivity contribution in [1.82, 2.24) is 4.90 Å². The van der Waals surface area contributed by atoms with Crippen LogP contribution in [0.2, 0.25) is 0 Å². The Bertz CT molecular complexity index is 680. The number of ketones is 1. The molecule has 2 heterocycles. The smallest absolute Gasteiger partial charge is 0.176 e. The minimum atomic E-state index is -0.257. The van der Waals surface area contributed by atoms with Gasteiger partial charge in [0.15, 0.2) is 17.3 Å². The minimum Gasteiger partial charge on any atom is -0.504 e. The first-order valence-electron chi connectivity index (χ1n) is 6.91. The largest absolute Gasteiger partial charge is 0.504 e. The number of carbonyl (C=O) groups is 1. The number of benzene rings is 1. The highest BCUT2D eigenvalue weighted by atomic mass is 32.1. The van der Waals surface area contributed by atoms with E-state index in [0.717, 1.165) is 13.0 Å². The van der Waals surface area contributed by atoms with E-state index in [-0.39, 0.29) is 23.3 Å². The summed E-state index contributed by atoms with van der Waals surface area (Å²) in [6.45, 7) is 3.30. The molecule has 2 aromatic rings. The predicted octanol–water partition coefficient (Wildman–Crippen LogP) is 2.96. The summed E-state index contributed by atoms with van der Waals surface area (Å²) in [5.41, 5.74) is 1.74. The van der Waals surface area contributed by atoms with Crippen molar-refractivity contribution in [3.8, 4) is 11.5 Å². The monoisotopic (exact) mass is 303 g/mol. The van der Waals surface area contributed by atoms with Crippen LogP contribution in [0, 0.1) is 0 Å². The third-order valence-corrected chi connectivity index (χ3v) is 5.04. The highest BCUT2D eigenvalue weighted by Gasteiger charge is 2.26. The molecule has 1 atom stereocenters. The van der Waals surface area contributed by atoms with Crippen molar-refractivity contribution in [2.24, 2.45) is 0 Å². The van der Waals surface area contributed by atoms with Gasteiger partial charge in [0.05, 0.1) is 6.54 Å². The van der Waals surface area contributed by atoms with Crippen LogP contribution in [0.15, 0.2) is 29.6 Å². The maximum Gasteiger partial charge on any atom is 0.176 e. The van der Waals surface area contributed by atoms with Gasteiger partial charge in [-0.2, -0.15) is 0 Å². The highest BCUT2D eigenvalue weighted by molar-refractivity contribution is 7.10. The number of nitrogens with zero attached hydrogens (tertiary/aromatic N) is 1. The van der Waals surface area contributed by atoms with E-state index < -0.39 is 0 Å². The number of carbonyl (C=O) groups excluding carboxylic acids is 1. The summed E-state index contributed by atoms with van der Waals surface area (Å²) < 4.78 is 0. The van der Waals surface area contributed by atoms with Gasteiger partial charge in [-0.05, 0) is 48.6 Å². The van der Waals surface area contributed by atoms with Gasteiger partial charge in [0.25, 0.3) is 0 Å². The second-order valence-corrected chi connectivity index (χ2v) is 6.32. The molecule has 1 unspecified atom stereocenters. The SMILES string of the molecule is CC1c2ccsc2CCN1CC(=O)c1ccc(O)c(O)c1. The molecule has 2 N–H and O–H groups in total. The molecule has 0 radical (unpaired) electrons. The minimum absolute atomic E-state index is 0.0455. The van der Waals surface area contributed by atoms with Crippen LogP contribution in [0.4, 0.5) is 0 Å². The molecular weight excluding hydrogens is 286 g/mol. The first-order chi connectivity index (χ1) is 10.1. The van der Waals surface area contributed by atoms with Crippen LogP contribution >= 0.6 is 11.3 Å². The van der Waals surface area contributed by atoms with Crippen molar-refractivity contribution in [2.45, 2.75) is 19.4 Å². The van der Waals surface area contributed by atoms with Crippen molar-refractivity contribution < 1.29 is 15.0 Å². The van der Waals surface area contributed by atoms with Crippen LogP contribution in [-0.4, -0.2) is 34.0 Å². The van der Waals surface area contributed by atoms with E-state index in [0.29, 0.717) is 12.1 Å². The van der Waals surface area contributed by atoms with Crippen molar-refractivity contribution in [1.29, 1.82) is 0 Å². The van der Waals surface area contributed by atoms with Crippen LogP contribution in [0.3, 0.4) is 0 Å². The first kappa shape index (κ1) is 14.1. The summed E-state index contributed by atoms with van der Waals surface area (Å²) in [5, 5.41) is 20.9. The molecule has 0 bridgehead atoms. The second kappa shape index (κ2) is 5.50. The number of hydrogen-bond acceptors (Lipinski definition) is 5. The van der Waals surface area contributed by atoms with Gasteiger partial charge in [0.2, 0.25) is 0 Å².